The van der Waals surface area contributed by atoms with Gasteiger partial charge in [0.25, 0.3) is 0 Å². The first-order valence-corrected chi connectivity index (χ1v) is 10.5. The molecular formula is C22H29NO2S. The monoisotopic (exact) mass is 371 g/mol. The molecule has 2 rings (SSSR count). The Balaban J connectivity index is 1.85. The van der Waals surface area contributed by atoms with Crippen molar-refractivity contribution in [3.8, 4) is 16.3 Å². The number of thiazole rings is 1. The van der Waals surface area contributed by atoms with E-state index >= 15 is 0 Å². The maximum atomic E-state index is 11.7. The fraction of sp³-hybridized carbons (Fsp3) is 0.455. The highest BCUT2D eigenvalue weighted by Gasteiger charge is 2.06. The highest BCUT2D eigenvalue weighted by atomic mass is 32.1. The number of aromatic nitrogens is 1. The van der Waals surface area contributed by atoms with E-state index < -0.39 is 0 Å². The van der Waals surface area contributed by atoms with Crippen molar-refractivity contribution in [2.45, 2.75) is 65.2 Å². The molecule has 0 saturated heterocycles. The predicted octanol–water partition coefficient (Wildman–Crippen LogP) is 6.58. The fourth-order valence-corrected chi connectivity index (χ4v) is 3.58. The van der Waals surface area contributed by atoms with Gasteiger partial charge in [0.2, 0.25) is 0 Å². The molecule has 2 aromatic rings. The van der Waals surface area contributed by atoms with Crippen LogP contribution in [0.15, 0.2) is 42.6 Å². The Labute approximate surface area is 161 Å². The third-order valence-electron chi connectivity index (χ3n) is 4.11. The van der Waals surface area contributed by atoms with Crippen LogP contribution in [0.2, 0.25) is 0 Å². The van der Waals surface area contributed by atoms with Crippen molar-refractivity contribution in [2.24, 2.45) is 0 Å². The number of carbonyl (C=O) groups is 1. The predicted molar refractivity (Wildman–Crippen MR) is 110 cm³/mol. The Hall–Kier alpha value is -1.94. The van der Waals surface area contributed by atoms with Crippen LogP contribution in [0.3, 0.4) is 0 Å². The first-order valence-electron chi connectivity index (χ1n) is 9.66. The average molecular weight is 372 g/mol. The summed E-state index contributed by atoms with van der Waals surface area (Å²) < 4.78 is 5.30. The quantitative estimate of drug-likeness (QED) is 0.194. The molecule has 1 aromatic carbocycles. The van der Waals surface area contributed by atoms with E-state index in [4.69, 9.17) is 4.74 Å². The molecule has 26 heavy (non-hydrogen) atoms. The number of unbranched alkanes of at least 4 members (excludes halogenated alkanes) is 5. The van der Waals surface area contributed by atoms with Crippen LogP contribution in [0.4, 0.5) is 0 Å². The number of carbonyl (C=O) groups excluding carboxylic acids is 1. The zero-order valence-electron chi connectivity index (χ0n) is 15.9. The van der Waals surface area contributed by atoms with E-state index in [0.717, 1.165) is 29.8 Å². The van der Waals surface area contributed by atoms with Crippen molar-refractivity contribution in [1.29, 1.82) is 0 Å². The van der Waals surface area contributed by atoms with Gasteiger partial charge in [-0.3, -0.25) is 0 Å². The molecule has 1 aromatic heterocycles. The van der Waals surface area contributed by atoms with Crippen LogP contribution < -0.4 is 4.74 Å². The van der Waals surface area contributed by atoms with Gasteiger partial charge in [-0.25, -0.2) is 9.78 Å². The van der Waals surface area contributed by atoms with Gasteiger partial charge in [-0.15, -0.1) is 11.3 Å². The van der Waals surface area contributed by atoms with Crippen LogP contribution in [0.5, 0.6) is 5.75 Å². The first kappa shape index (κ1) is 20.4. The number of ether oxygens (including phenoxy) is 1. The molecule has 0 atom stereocenters. The minimum Gasteiger partial charge on any atom is -0.423 e. The highest BCUT2D eigenvalue weighted by molar-refractivity contribution is 7.15. The van der Waals surface area contributed by atoms with E-state index in [1.54, 1.807) is 11.3 Å². The molecule has 140 valence electrons. The molecule has 0 radical (unpaired) electrons. The van der Waals surface area contributed by atoms with Gasteiger partial charge in [0.05, 0.1) is 0 Å². The van der Waals surface area contributed by atoms with Gasteiger partial charge < -0.3 is 4.74 Å². The van der Waals surface area contributed by atoms with Crippen molar-refractivity contribution in [3.05, 3.63) is 47.5 Å². The molecule has 1 heterocycles. The molecule has 0 aliphatic heterocycles. The smallest absolute Gasteiger partial charge is 0.335 e. The fourth-order valence-electron chi connectivity index (χ4n) is 2.62. The second-order valence-electron chi connectivity index (χ2n) is 6.43. The van der Waals surface area contributed by atoms with Gasteiger partial charge in [-0.1, -0.05) is 52.0 Å². The van der Waals surface area contributed by atoms with Gasteiger partial charge in [0.1, 0.15) is 10.8 Å². The molecule has 3 nitrogen and oxygen atoms in total. The first-order chi connectivity index (χ1) is 12.7. The van der Waals surface area contributed by atoms with E-state index in [9.17, 15) is 4.79 Å². The molecule has 0 aliphatic carbocycles. The molecule has 4 heteroatoms. The van der Waals surface area contributed by atoms with E-state index in [1.165, 1.54) is 43.1 Å². The largest absolute Gasteiger partial charge is 0.423 e. The van der Waals surface area contributed by atoms with Gasteiger partial charge in [-0.2, -0.15) is 0 Å². The Morgan fingerprint density at radius 2 is 1.85 bits per heavy atom. The Morgan fingerprint density at radius 3 is 2.58 bits per heavy atom. The standard InChI is InChI=1S/C22H29NO2S/c1-3-5-7-8-10-11-20-17-23-22(26-20)18-13-15-19(16-14-18)25-21(24)12-9-6-4-2/h9,12-17H,3-8,10-11H2,1-2H3. The van der Waals surface area contributed by atoms with Crippen LogP contribution in [0.25, 0.3) is 10.6 Å². The third-order valence-corrected chi connectivity index (χ3v) is 5.22. The maximum absolute atomic E-state index is 11.7. The number of aryl methyl sites for hydroxylation is 1. The average Bonchev–Trinajstić information content (AvgIpc) is 3.11. The lowest BCUT2D eigenvalue weighted by atomic mass is 10.1. The Morgan fingerprint density at radius 1 is 1.08 bits per heavy atom. The van der Waals surface area contributed by atoms with E-state index in [-0.39, 0.29) is 5.97 Å². The van der Waals surface area contributed by atoms with Crippen molar-refractivity contribution in [1.82, 2.24) is 4.98 Å². The zero-order valence-corrected chi connectivity index (χ0v) is 16.7. The van der Waals surface area contributed by atoms with Crippen LogP contribution in [-0.4, -0.2) is 11.0 Å². The summed E-state index contributed by atoms with van der Waals surface area (Å²) in [5.41, 5.74) is 1.06. The molecule has 0 spiro atoms. The Kier molecular flexibility index (Phi) is 9.11. The zero-order chi connectivity index (χ0) is 18.6. The lowest BCUT2D eigenvalue weighted by Gasteiger charge is -2.02. The van der Waals surface area contributed by atoms with Crippen molar-refractivity contribution in [2.75, 3.05) is 0 Å². The van der Waals surface area contributed by atoms with Crippen LogP contribution in [0, 0.1) is 0 Å². The molecule has 0 amide bonds. The van der Waals surface area contributed by atoms with Gasteiger partial charge in [0.15, 0.2) is 0 Å². The SMILES string of the molecule is CCCC=CC(=O)Oc1ccc(-c2ncc(CCCCCCC)s2)cc1. The topological polar surface area (TPSA) is 39.2 Å². The van der Waals surface area contributed by atoms with Crippen LogP contribution in [0.1, 0.15) is 63.7 Å². The summed E-state index contributed by atoms with van der Waals surface area (Å²) in [5, 5.41) is 1.02. The summed E-state index contributed by atoms with van der Waals surface area (Å²) >= 11 is 1.75. The molecular weight excluding hydrogens is 342 g/mol. The molecule has 0 unspecified atom stereocenters. The number of nitrogens with zero attached hydrogens (tertiary/aromatic N) is 1. The van der Waals surface area contributed by atoms with Gasteiger partial charge >= 0.3 is 5.97 Å². The third kappa shape index (κ3) is 7.12. The van der Waals surface area contributed by atoms with Crippen molar-refractivity contribution < 1.29 is 9.53 Å². The number of allylic oxidation sites excluding steroid dienone is 1. The Bertz CT molecular complexity index is 688. The summed E-state index contributed by atoms with van der Waals surface area (Å²) in [6.07, 6.45) is 14.8. The second-order valence-corrected chi connectivity index (χ2v) is 7.55. The maximum Gasteiger partial charge on any atom is 0.335 e. The van der Waals surface area contributed by atoms with Crippen molar-refractivity contribution >= 4 is 17.3 Å². The molecule has 0 fully saturated rings. The summed E-state index contributed by atoms with van der Waals surface area (Å²) in [7, 11) is 0. The van der Waals surface area contributed by atoms with Crippen LogP contribution in [-0.2, 0) is 11.2 Å². The second kappa shape index (κ2) is 11.6. The molecule has 0 saturated carbocycles. The van der Waals surface area contributed by atoms with E-state index in [2.05, 4.69) is 18.8 Å². The number of hydrogen-bond acceptors (Lipinski definition) is 4. The normalized spacial score (nSPS) is 11.2. The van der Waals surface area contributed by atoms with Gasteiger partial charge in [0, 0.05) is 22.7 Å². The summed E-state index contributed by atoms with van der Waals surface area (Å²) in [6.45, 7) is 4.32. The number of rotatable bonds is 11. The minimum absolute atomic E-state index is 0.328. The molecule has 0 aliphatic rings. The van der Waals surface area contributed by atoms with E-state index in [0.29, 0.717) is 5.75 Å². The van der Waals surface area contributed by atoms with Crippen molar-refractivity contribution in [3.63, 3.8) is 0 Å². The summed E-state index contributed by atoms with van der Waals surface area (Å²) in [4.78, 5) is 17.6. The van der Waals surface area contributed by atoms with Gasteiger partial charge in [-0.05, 0) is 43.5 Å². The highest BCUT2D eigenvalue weighted by Crippen LogP contribution is 2.28. The lowest BCUT2D eigenvalue weighted by Crippen LogP contribution is -2.03. The lowest BCUT2D eigenvalue weighted by molar-refractivity contribution is -0.129. The van der Waals surface area contributed by atoms with E-state index in [1.807, 2.05) is 36.5 Å². The number of esters is 1. The number of benzene rings is 1. The summed E-state index contributed by atoms with van der Waals surface area (Å²) in [6, 6.07) is 7.57. The molecule has 0 bridgehead atoms. The number of hydrogen-bond donors (Lipinski definition) is 0. The minimum atomic E-state index is -0.328. The van der Waals surface area contributed by atoms with Crippen LogP contribution >= 0.6 is 11.3 Å². The summed E-state index contributed by atoms with van der Waals surface area (Å²) in [5.74, 6) is 0.235. The molecule has 0 N–H and O–H groups in total.